The third kappa shape index (κ3) is 1.85. The average Bonchev–Trinajstić information content (AvgIpc) is 2.07. The molecule has 0 aromatic rings. The molecule has 0 spiro atoms. The van der Waals surface area contributed by atoms with Crippen LogP contribution in [0.25, 0.3) is 0 Å². The Morgan fingerprint density at radius 1 is 1.29 bits per heavy atom. The second kappa shape index (κ2) is 4.24. The van der Waals surface area contributed by atoms with E-state index >= 15 is 0 Å². The van der Waals surface area contributed by atoms with E-state index in [9.17, 15) is 0 Å². The van der Waals surface area contributed by atoms with E-state index in [1.54, 1.807) is 0 Å². The summed E-state index contributed by atoms with van der Waals surface area (Å²) in [5.74, 6) is 5.28. The average molecular weight is 194 g/mol. The highest BCUT2D eigenvalue weighted by atomic mass is 14.5. The fraction of sp³-hybridized carbons (Fsp3) is 1.00. The van der Waals surface area contributed by atoms with Gasteiger partial charge in [0.15, 0.2) is 0 Å². The van der Waals surface area contributed by atoms with Crippen LogP contribution in [0.5, 0.6) is 0 Å². The van der Waals surface area contributed by atoms with Gasteiger partial charge < -0.3 is 0 Å². The molecule has 0 aliphatic heterocycles. The van der Waals surface area contributed by atoms with Crippen molar-refractivity contribution >= 4 is 0 Å². The van der Waals surface area contributed by atoms with Gasteiger partial charge in [0.2, 0.25) is 0 Å². The molecule has 0 aromatic heterocycles. The second-order valence-corrected chi connectivity index (χ2v) is 5.97. The number of rotatable bonds is 4. The molecule has 0 N–H and O–H groups in total. The Morgan fingerprint density at radius 3 is 2.43 bits per heavy atom. The van der Waals surface area contributed by atoms with Crippen LogP contribution in [0.15, 0.2) is 0 Å². The van der Waals surface area contributed by atoms with Gasteiger partial charge in [0.1, 0.15) is 0 Å². The summed E-state index contributed by atoms with van der Waals surface area (Å²) < 4.78 is 0. The molecule has 82 valence electrons. The van der Waals surface area contributed by atoms with Crippen molar-refractivity contribution in [2.75, 3.05) is 0 Å². The third-order valence-electron chi connectivity index (χ3n) is 4.99. The fourth-order valence-electron chi connectivity index (χ4n) is 3.94. The fourth-order valence-corrected chi connectivity index (χ4v) is 3.94. The molecule has 4 unspecified atom stereocenters. The predicted molar refractivity (Wildman–Crippen MR) is 62.2 cm³/mol. The van der Waals surface area contributed by atoms with Gasteiger partial charge in [-0.25, -0.2) is 0 Å². The van der Waals surface area contributed by atoms with Crippen LogP contribution < -0.4 is 0 Å². The molecule has 2 saturated carbocycles. The molecule has 0 bridgehead atoms. The van der Waals surface area contributed by atoms with Gasteiger partial charge in [0.05, 0.1) is 0 Å². The largest absolute Gasteiger partial charge is 0.0651 e. The molecule has 0 heteroatoms. The maximum absolute atomic E-state index is 2.52. The van der Waals surface area contributed by atoms with Gasteiger partial charge in [-0.1, -0.05) is 46.5 Å². The van der Waals surface area contributed by atoms with Gasteiger partial charge in [0, 0.05) is 0 Å². The molecule has 0 heterocycles. The van der Waals surface area contributed by atoms with Crippen molar-refractivity contribution in [1.82, 2.24) is 0 Å². The molecule has 0 nitrogen and oxygen atoms in total. The quantitative estimate of drug-likeness (QED) is 0.618. The van der Waals surface area contributed by atoms with Crippen molar-refractivity contribution in [2.24, 2.45) is 29.6 Å². The lowest BCUT2D eigenvalue weighted by Gasteiger charge is -2.48. The van der Waals surface area contributed by atoms with Crippen LogP contribution in [0.1, 0.15) is 59.3 Å². The molecule has 2 fully saturated rings. The topological polar surface area (TPSA) is 0 Å². The van der Waals surface area contributed by atoms with Crippen LogP contribution >= 0.6 is 0 Å². The summed E-state index contributed by atoms with van der Waals surface area (Å²) >= 11 is 0. The summed E-state index contributed by atoms with van der Waals surface area (Å²) in [5.41, 5.74) is 0. The van der Waals surface area contributed by atoms with Crippen molar-refractivity contribution in [3.05, 3.63) is 0 Å². The zero-order valence-electron chi connectivity index (χ0n) is 10.1. The third-order valence-corrected chi connectivity index (χ3v) is 4.99. The molecule has 14 heavy (non-hydrogen) atoms. The Bertz CT molecular complexity index is 180. The zero-order chi connectivity index (χ0) is 10.1. The van der Waals surface area contributed by atoms with Gasteiger partial charge in [-0.05, 0) is 42.4 Å². The van der Waals surface area contributed by atoms with Crippen molar-refractivity contribution in [3.63, 3.8) is 0 Å². The lowest BCUT2D eigenvalue weighted by molar-refractivity contribution is 0.0184. The predicted octanol–water partition coefficient (Wildman–Crippen LogP) is 4.49. The van der Waals surface area contributed by atoms with Crippen molar-refractivity contribution in [2.45, 2.75) is 59.3 Å². The van der Waals surface area contributed by atoms with E-state index in [1.807, 2.05) is 0 Å². The zero-order valence-corrected chi connectivity index (χ0v) is 10.1. The highest BCUT2D eigenvalue weighted by Crippen LogP contribution is 2.49. The minimum atomic E-state index is 1.01. The monoisotopic (exact) mass is 194 g/mol. The van der Waals surface area contributed by atoms with E-state index in [2.05, 4.69) is 20.8 Å². The Balaban J connectivity index is 1.79. The van der Waals surface area contributed by atoms with E-state index in [0.717, 1.165) is 29.6 Å². The maximum Gasteiger partial charge on any atom is -0.0334 e. The normalized spacial score (nSPS) is 40.1. The first-order chi connectivity index (χ1) is 6.72. The summed E-state index contributed by atoms with van der Waals surface area (Å²) in [5, 5.41) is 0. The minimum absolute atomic E-state index is 1.01. The van der Waals surface area contributed by atoms with Crippen LogP contribution in [0.3, 0.4) is 0 Å². The Hall–Kier alpha value is 0. The van der Waals surface area contributed by atoms with Crippen molar-refractivity contribution in [3.8, 4) is 0 Å². The molecular formula is C14H26. The van der Waals surface area contributed by atoms with Gasteiger partial charge in [-0.15, -0.1) is 0 Å². The smallest absolute Gasteiger partial charge is 0.0334 e. The highest BCUT2D eigenvalue weighted by Gasteiger charge is 2.40. The van der Waals surface area contributed by atoms with Gasteiger partial charge in [0.25, 0.3) is 0 Å². The molecule has 2 aliphatic carbocycles. The van der Waals surface area contributed by atoms with Crippen LogP contribution in [-0.4, -0.2) is 0 Å². The maximum atomic E-state index is 2.52. The van der Waals surface area contributed by atoms with E-state index in [1.165, 1.54) is 38.5 Å². The molecular weight excluding hydrogens is 168 g/mol. The first-order valence-corrected chi connectivity index (χ1v) is 6.72. The molecule has 0 amide bonds. The second-order valence-electron chi connectivity index (χ2n) is 5.97. The number of hydrogen-bond acceptors (Lipinski definition) is 0. The van der Waals surface area contributed by atoms with Crippen LogP contribution in [0.4, 0.5) is 0 Å². The van der Waals surface area contributed by atoms with E-state index in [4.69, 9.17) is 0 Å². The van der Waals surface area contributed by atoms with Gasteiger partial charge in [-0.3, -0.25) is 0 Å². The Labute approximate surface area is 89.5 Å². The van der Waals surface area contributed by atoms with Crippen LogP contribution in [0.2, 0.25) is 0 Å². The highest BCUT2D eigenvalue weighted by molar-refractivity contribution is 4.90. The first-order valence-electron chi connectivity index (χ1n) is 6.72. The summed E-state index contributed by atoms with van der Waals surface area (Å²) in [4.78, 5) is 0. The van der Waals surface area contributed by atoms with Crippen LogP contribution in [0, 0.1) is 29.6 Å². The molecule has 0 saturated heterocycles. The van der Waals surface area contributed by atoms with Crippen molar-refractivity contribution in [1.29, 1.82) is 0 Å². The van der Waals surface area contributed by atoms with Crippen LogP contribution in [-0.2, 0) is 0 Å². The minimum Gasteiger partial charge on any atom is -0.0651 e. The molecule has 2 aliphatic rings. The summed E-state index contributed by atoms with van der Waals surface area (Å²) in [6.45, 7) is 7.36. The van der Waals surface area contributed by atoms with Gasteiger partial charge in [-0.2, -0.15) is 0 Å². The summed E-state index contributed by atoms with van der Waals surface area (Å²) in [7, 11) is 0. The lowest BCUT2D eigenvalue weighted by atomic mass is 9.58. The Kier molecular flexibility index (Phi) is 3.19. The summed E-state index contributed by atoms with van der Waals surface area (Å²) in [6.07, 6.45) is 9.03. The number of hydrogen-bond donors (Lipinski definition) is 0. The van der Waals surface area contributed by atoms with Gasteiger partial charge >= 0.3 is 0 Å². The molecule has 0 aromatic carbocycles. The van der Waals surface area contributed by atoms with E-state index in [0.29, 0.717) is 0 Å². The van der Waals surface area contributed by atoms with E-state index in [-0.39, 0.29) is 0 Å². The molecule has 4 atom stereocenters. The standard InChI is InChI=1S/C14H26/c1-4-13-9-11(3)14(13)10(2)8-12-6-5-7-12/h10-14H,4-9H2,1-3H3. The lowest BCUT2D eigenvalue weighted by Crippen LogP contribution is -2.39. The molecule has 0 radical (unpaired) electrons. The Morgan fingerprint density at radius 2 is 2.00 bits per heavy atom. The SMILES string of the molecule is CCC1CC(C)C1C(C)CC1CCC1. The first kappa shape index (κ1) is 10.5. The summed E-state index contributed by atoms with van der Waals surface area (Å²) in [6, 6.07) is 0. The van der Waals surface area contributed by atoms with E-state index < -0.39 is 0 Å². The molecule has 2 rings (SSSR count). The van der Waals surface area contributed by atoms with Crippen molar-refractivity contribution < 1.29 is 0 Å².